The van der Waals surface area contributed by atoms with E-state index >= 15 is 0 Å². The van der Waals surface area contributed by atoms with E-state index in [1.807, 2.05) is 18.3 Å². The fraction of sp³-hybridized carbons (Fsp3) is 0.300. The molecule has 0 amide bonds. The summed E-state index contributed by atoms with van der Waals surface area (Å²) in [6.45, 7) is 0.961. The van der Waals surface area contributed by atoms with Crippen LogP contribution in [0.4, 0.5) is 0 Å². The van der Waals surface area contributed by atoms with Gasteiger partial charge in [0.05, 0.1) is 0 Å². The lowest BCUT2D eigenvalue weighted by atomic mass is 10.2. The van der Waals surface area contributed by atoms with Gasteiger partial charge in [-0.25, -0.2) is 0 Å². The molecule has 0 bridgehead atoms. The Morgan fingerprint density at radius 2 is 2.44 bits per heavy atom. The molecule has 0 radical (unpaired) electrons. The minimum Gasteiger partial charge on any atom is -0.301 e. The van der Waals surface area contributed by atoms with E-state index in [2.05, 4.69) is 35.7 Å². The van der Waals surface area contributed by atoms with Crippen molar-refractivity contribution in [1.82, 2.24) is 19.7 Å². The van der Waals surface area contributed by atoms with Crippen LogP contribution in [0, 0.1) is 0 Å². The number of halogens is 1. The molecular weight excluding hydrogens is 288 g/mol. The Morgan fingerprint density at radius 1 is 1.50 bits per heavy atom. The number of hydrogen-bond acceptors (Lipinski definition) is 4. The molecule has 0 aromatic carbocycles. The van der Waals surface area contributed by atoms with Crippen molar-refractivity contribution in [3.8, 4) is 11.4 Å². The molecule has 0 N–H and O–H groups in total. The van der Waals surface area contributed by atoms with Gasteiger partial charge in [0.2, 0.25) is 0 Å². The zero-order valence-electron chi connectivity index (χ0n) is 8.38. The second-order valence-corrected chi connectivity index (χ2v) is 5.47. The van der Waals surface area contributed by atoms with Gasteiger partial charge in [-0.1, -0.05) is 27.7 Å². The lowest BCUT2D eigenvalue weighted by Crippen LogP contribution is -2.07. The quantitative estimate of drug-likeness (QED) is 0.797. The van der Waals surface area contributed by atoms with Gasteiger partial charge in [0.1, 0.15) is 0 Å². The first-order valence-corrected chi connectivity index (χ1v) is 6.95. The summed E-state index contributed by atoms with van der Waals surface area (Å²) in [5.74, 6) is 0.916. The Hall–Kier alpha value is -0.880. The fourth-order valence-electron chi connectivity index (χ4n) is 1.72. The largest absolute Gasteiger partial charge is 0.301 e. The van der Waals surface area contributed by atoms with Crippen molar-refractivity contribution in [2.45, 2.75) is 17.0 Å². The van der Waals surface area contributed by atoms with Gasteiger partial charge in [-0.2, -0.15) is 0 Å². The summed E-state index contributed by atoms with van der Waals surface area (Å²) in [4.78, 5) is 4.11. The third-order valence-electron chi connectivity index (χ3n) is 2.47. The number of fused-ring (bicyclic) bond motifs is 1. The molecule has 3 heterocycles. The Bertz CT molecular complexity index is 499. The van der Waals surface area contributed by atoms with Crippen LogP contribution >= 0.6 is 27.7 Å². The highest BCUT2D eigenvalue weighted by molar-refractivity contribution is 9.09. The van der Waals surface area contributed by atoms with Crippen LogP contribution in [0.5, 0.6) is 0 Å². The number of alkyl halides is 1. The molecule has 1 aliphatic heterocycles. The van der Waals surface area contributed by atoms with Gasteiger partial charge in [0, 0.05) is 35.1 Å². The molecule has 6 heteroatoms. The van der Waals surface area contributed by atoms with Crippen LogP contribution < -0.4 is 0 Å². The van der Waals surface area contributed by atoms with E-state index in [-0.39, 0.29) is 0 Å². The molecule has 4 nitrogen and oxygen atoms in total. The summed E-state index contributed by atoms with van der Waals surface area (Å²) in [7, 11) is 0. The van der Waals surface area contributed by atoms with Crippen molar-refractivity contribution in [1.29, 1.82) is 0 Å². The van der Waals surface area contributed by atoms with E-state index in [1.54, 1.807) is 18.0 Å². The van der Waals surface area contributed by atoms with E-state index in [9.17, 15) is 0 Å². The van der Waals surface area contributed by atoms with Gasteiger partial charge in [-0.3, -0.25) is 4.98 Å². The average molecular weight is 297 g/mol. The van der Waals surface area contributed by atoms with Crippen molar-refractivity contribution < 1.29 is 0 Å². The molecule has 1 atom stereocenters. The van der Waals surface area contributed by atoms with E-state index in [0.717, 1.165) is 28.4 Å². The molecule has 0 saturated heterocycles. The molecule has 0 spiro atoms. The van der Waals surface area contributed by atoms with E-state index in [4.69, 9.17) is 0 Å². The smallest absolute Gasteiger partial charge is 0.191 e. The summed E-state index contributed by atoms with van der Waals surface area (Å²) in [6.07, 6.45) is 3.59. The number of rotatable bonds is 2. The number of hydrogen-bond donors (Lipinski definition) is 0. The Kier molecular flexibility index (Phi) is 2.69. The van der Waals surface area contributed by atoms with Crippen LogP contribution in [0.1, 0.15) is 0 Å². The predicted octanol–water partition coefficient (Wildman–Crippen LogP) is 2.21. The van der Waals surface area contributed by atoms with Gasteiger partial charge >= 0.3 is 0 Å². The van der Waals surface area contributed by atoms with Crippen molar-refractivity contribution in [2.75, 3.05) is 5.33 Å². The molecular formula is C10H9BrN4S. The van der Waals surface area contributed by atoms with Gasteiger partial charge in [0.25, 0.3) is 0 Å². The van der Waals surface area contributed by atoms with E-state index < -0.39 is 0 Å². The van der Waals surface area contributed by atoms with Crippen LogP contribution in [-0.2, 0) is 6.54 Å². The topological polar surface area (TPSA) is 43.6 Å². The molecule has 2 aromatic heterocycles. The van der Waals surface area contributed by atoms with Crippen LogP contribution in [0.2, 0.25) is 0 Å². The molecule has 0 unspecified atom stereocenters. The van der Waals surface area contributed by atoms with Gasteiger partial charge in [-0.15, -0.1) is 10.2 Å². The number of nitrogens with zero attached hydrogens (tertiary/aromatic N) is 4. The van der Waals surface area contributed by atoms with Crippen molar-refractivity contribution in [2.24, 2.45) is 0 Å². The first-order chi connectivity index (χ1) is 7.88. The highest BCUT2D eigenvalue weighted by Gasteiger charge is 2.26. The maximum Gasteiger partial charge on any atom is 0.191 e. The van der Waals surface area contributed by atoms with Crippen LogP contribution in [-0.4, -0.2) is 30.3 Å². The maximum absolute atomic E-state index is 4.21. The standard InChI is InChI=1S/C10H9BrN4S/c11-4-8-6-15-9(13-14-10(15)16-8)7-2-1-3-12-5-7/h1-3,5,8H,4,6H2/t8-/m0/s1. The summed E-state index contributed by atoms with van der Waals surface area (Å²) in [5.41, 5.74) is 1.03. The molecule has 16 heavy (non-hydrogen) atoms. The average Bonchev–Trinajstić information content (AvgIpc) is 2.88. The Balaban J connectivity index is 2.00. The summed E-state index contributed by atoms with van der Waals surface area (Å²) in [6, 6.07) is 3.93. The van der Waals surface area contributed by atoms with Crippen LogP contribution in [0.25, 0.3) is 11.4 Å². The zero-order valence-corrected chi connectivity index (χ0v) is 10.8. The predicted molar refractivity (Wildman–Crippen MR) is 66.7 cm³/mol. The lowest BCUT2D eigenvalue weighted by molar-refractivity contribution is 0.679. The zero-order chi connectivity index (χ0) is 11.0. The maximum atomic E-state index is 4.21. The van der Waals surface area contributed by atoms with Crippen LogP contribution in [0.3, 0.4) is 0 Å². The van der Waals surface area contributed by atoms with E-state index in [0.29, 0.717) is 5.25 Å². The first-order valence-electron chi connectivity index (χ1n) is 4.94. The van der Waals surface area contributed by atoms with Gasteiger partial charge in [-0.05, 0) is 12.1 Å². The summed E-state index contributed by atoms with van der Waals surface area (Å²) >= 11 is 5.28. The Labute approximate surface area is 106 Å². The first kappa shape index (κ1) is 10.3. The third-order valence-corrected chi connectivity index (χ3v) is 4.84. The highest BCUT2D eigenvalue weighted by atomic mass is 79.9. The molecule has 2 aromatic rings. The molecule has 0 saturated carbocycles. The highest BCUT2D eigenvalue weighted by Crippen LogP contribution is 2.34. The number of pyridine rings is 1. The van der Waals surface area contributed by atoms with Gasteiger partial charge in [0.15, 0.2) is 11.0 Å². The molecule has 0 fully saturated rings. The molecule has 3 rings (SSSR count). The second kappa shape index (κ2) is 4.18. The molecule has 82 valence electrons. The van der Waals surface area contributed by atoms with Crippen molar-refractivity contribution in [3.63, 3.8) is 0 Å². The summed E-state index contributed by atoms with van der Waals surface area (Å²) < 4.78 is 2.16. The van der Waals surface area contributed by atoms with E-state index in [1.165, 1.54) is 0 Å². The Morgan fingerprint density at radius 3 is 3.19 bits per heavy atom. The lowest BCUT2D eigenvalue weighted by Gasteiger charge is -2.04. The number of aromatic nitrogens is 4. The molecule has 1 aliphatic rings. The minimum absolute atomic E-state index is 0.556. The fourth-order valence-corrected chi connectivity index (χ4v) is 3.28. The SMILES string of the molecule is BrC[C@H]1Cn2c(nnc2-c2cccnc2)S1. The normalized spacial score (nSPS) is 18.7. The molecule has 0 aliphatic carbocycles. The minimum atomic E-state index is 0.556. The van der Waals surface area contributed by atoms with Crippen molar-refractivity contribution in [3.05, 3.63) is 24.5 Å². The van der Waals surface area contributed by atoms with Crippen molar-refractivity contribution >= 4 is 27.7 Å². The van der Waals surface area contributed by atoms with Crippen LogP contribution in [0.15, 0.2) is 29.7 Å². The third kappa shape index (κ3) is 1.66. The monoisotopic (exact) mass is 296 g/mol. The van der Waals surface area contributed by atoms with Gasteiger partial charge < -0.3 is 4.57 Å². The summed E-state index contributed by atoms with van der Waals surface area (Å²) in [5, 5.41) is 11.0. The number of thioether (sulfide) groups is 1. The second-order valence-electron chi connectivity index (χ2n) is 3.55.